The van der Waals surface area contributed by atoms with Gasteiger partial charge in [0.15, 0.2) is 5.78 Å². The quantitative estimate of drug-likeness (QED) is 0.220. The van der Waals surface area contributed by atoms with Gasteiger partial charge in [0.1, 0.15) is 5.82 Å². The van der Waals surface area contributed by atoms with E-state index in [1.54, 1.807) is 39.2 Å². The first-order chi connectivity index (χ1) is 19.3. The molecule has 7 nitrogen and oxygen atoms in total. The lowest BCUT2D eigenvalue weighted by Gasteiger charge is -2.19. The van der Waals surface area contributed by atoms with Crippen LogP contribution in [0.25, 0.3) is 5.57 Å². The highest BCUT2D eigenvalue weighted by Crippen LogP contribution is 2.28. The van der Waals surface area contributed by atoms with Gasteiger partial charge >= 0.3 is 0 Å². The number of pyridine rings is 1. The SMILES string of the molecule is C/C=C(\C=C(\Nc1ccc(C(=O)N(C)C)cn1)C(=O)CC)c1cccc(NC(=O)c2ccc(C(C)(C)C)cc2)c1C. The summed E-state index contributed by atoms with van der Waals surface area (Å²) in [6.07, 6.45) is 5.51. The number of carbonyl (C=O) groups excluding carboxylic acids is 3. The van der Waals surface area contributed by atoms with Crippen molar-refractivity contribution < 1.29 is 14.4 Å². The monoisotopic (exact) mass is 552 g/mol. The van der Waals surface area contributed by atoms with Crippen LogP contribution in [0.1, 0.15) is 78.4 Å². The van der Waals surface area contributed by atoms with Crippen LogP contribution < -0.4 is 10.6 Å². The molecular formula is C34H40N4O3. The topological polar surface area (TPSA) is 91.4 Å². The number of nitrogens with zero attached hydrogens (tertiary/aromatic N) is 2. The number of hydrogen-bond acceptors (Lipinski definition) is 5. The Morgan fingerprint density at radius 2 is 1.59 bits per heavy atom. The van der Waals surface area contributed by atoms with Crippen LogP contribution in [-0.4, -0.2) is 41.6 Å². The average Bonchev–Trinajstić information content (AvgIpc) is 2.95. The molecule has 1 heterocycles. The molecule has 2 N–H and O–H groups in total. The third kappa shape index (κ3) is 7.78. The van der Waals surface area contributed by atoms with Crippen molar-refractivity contribution in [3.05, 3.63) is 106 Å². The zero-order chi connectivity index (χ0) is 30.3. The summed E-state index contributed by atoms with van der Waals surface area (Å²) in [6.45, 7) is 12.1. The summed E-state index contributed by atoms with van der Waals surface area (Å²) in [4.78, 5) is 44.0. The van der Waals surface area contributed by atoms with E-state index in [1.165, 1.54) is 11.1 Å². The van der Waals surface area contributed by atoms with E-state index in [9.17, 15) is 14.4 Å². The van der Waals surface area contributed by atoms with E-state index in [-0.39, 0.29) is 23.0 Å². The molecule has 1 aromatic heterocycles. The second-order valence-corrected chi connectivity index (χ2v) is 11.1. The number of Topliss-reactive ketones (excluding diaryl/α,β-unsaturated/α-hetero) is 1. The Morgan fingerprint density at radius 3 is 2.12 bits per heavy atom. The van der Waals surface area contributed by atoms with Gasteiger partial charge in [-0.15, -0.1) is 0 Å². The molecule has 0 aliphatic heterocycles. The molecule has 0 saturated carbocycles. The van der Waals surface area contributed by atoms with Crippen molar-refractivity contribution in [2.45, 2.75) is 53.4 Å². The van der Waals surface area contributed by atoms with Crippen molar-refractivity contribution in [1.29, 1.82) is 0 Å². The summed E-state index contributed by atoms with van der Waals surface area (Å²) in [5.41, 5.74) is 5.87. The standard InChI is InChI=1S/C34H40N4O3/c1-9-23(20-29(30(39)10-2)36-31-19-16-25(21-35-31)33(41)38(7)8)27-12-11-13-28(22(27)3)37-32(40)24-14-17-26(18-15-24)34(4,5)6/h9,11-21H,10H2,1-8H3,(H,35,36)(H,37,40)/b23-9+,29-20+. The molecule has 0 aliphatic carbocycles. The lowest BCUT2D eigenvalue weighted by molar-refractivity contribution is -0.115. The maximum atomic E-state index is 13.1. The molecule has 7 heteroatoms. The van der Waals surface area contributed by atoms with Crippen molar-refractivity contribution in [1.82, 2.24) is 9.88 Å². The number of benzene rings is 2. The molecule has 0 radical (unpaired) electrons. The number of allylic oxidation sites excluding steroid dienone is 4. The van der Waals surface area contributed by atoms with Crippen LogP contribution in [0.15, 0.2) is 78.6 Å². The summed E-state index contributed by atoms with van der Waals surface area (Å²) in [5.74, 6) is 0.0403. The zero-order valence-electron chi connectivity index (χ0n) is 25.3. The molecule has 0 bridgehead atoms. The van der Waals surface area contributed by atoms with Gasteiger partial charge in [0.2, 0.25) is 0 Å². The Labute approximate surface area is 243 Å². The molecule has 3 aromatic rings. The Hall–Kier alpha value is -4.52. The van der Waals surface area contributed by atoms with E-state index in [0.717, 1.165) is 22.3 Å². The van der Waals surface area contributed by atoms with Crippen LogP contribution >= 0.6 is 0 Å². The summed E-state index contributed by atoms with van der Waals surface area (Å²) in [6, 6.07) is 16.7. The van der Waals surface area contributed by atoms with Gasteiger partial charge in [-0.3, -0.25) is 14.4 Å². The Balaban J connectivity index is 1.88. The maximum Gasteiger partial charge on any atom is 0.255 e. The van der Waals surface area contributed by atoms with E-state index >= 15 is 0 Å². The minimum Gasteiger partial charge on any atom is -0.345 e. The largest absolute Gasteiger partial charge is 0.345 e. The van der Waals surface area contributed by atoms with Gasteiger partial charge in [0.25, 0.3) is 11.8 Å². The van der Waals surface area contributed by atoms with Gasteiger partial charge in [-0.25, -0.2) is 4.98 Å². The van der Waals surface area contributed by atoms with Crippen LogP contribution in [0.3, 0.4) is 0 Å². The summed E-state index contributed by atoms with van der Waals surface area (Å²) >= 11 is 0. The van der Waals surface area contributed by atoms with Crippen molar-refractivity contribution in [2.75, 3.05) is 24.7 Å². The van der Waals surface area contributed by atoms with Crippen molar-refractivity contribution in [3.8, 4) is 0 Å². The van der Waals surface area contributed by atoms with Crippen LogP contribution in [0, 0.1) is 6.92 Å². The predicted octanol–water partition coefficient (Wildman–Crippen LogP) is 7.02. The highest BCUT2D eigenvalue weighted by Gasteiger charge is 2.17. The fourth-order valence-electron chi connectivity index (χ4n) is 4.24. The van der Waals surface area contributed by atoms with Crippen LogP contribution in [0.2, 0.25) is 0 Å². The number of nitrogens with one attached hydrogen (secondary N) is 2. The van der Waals surface area contributed by atoms with Crippen molar-refractivity contribution in [2.24, 2.45) is 0 Å². The average molecular weight is 553 g/mol. The third-order valence-corrected chi connectivity index (χ3v) is 6.82. The summed E-state index contributed by atoms with van der Waals surface area (Å²) in [5, 5.41) is 6.17. The van der Waals surface area contributed by atoms with Gasteiger partial charge in [-0.05, 0) is 77.9 Å². The Morgan fingerprint density at radius 1 is 0.927 bits per heavy atom. The van der Waals surface area contributed by atoms with Gasteiger partial charge in [0.05, 0.1) is 11.3 Å². The molecule has 0 fully saturated rings. The Bertz CT molecular complexity index is 1480. The second-order valence-electron chi connectivity index (χ2n) is 11.1. The maximum absolute atomic E-state index is 13.1. The fraction of sp³-hybridized carbons (Fsp3) is 0.294. The highest BCUT2D eigenvalue weighted by atomic mass is 16.2. The lowest BCUT2D eigenvalue weighted by Crippen LogP contribution is -2.21. The minimum absolute atomic E-state index is 0.00778. The molecule has 3 rings (SSSR count). The minimum atomic E-state index is -0.186. The van der Waals surface area contributed by atoms with E-state index in [4.69, 9.17) is 0 Å². The first-order valence-electron chi connectivity index (χ1n) is 13.7. The first-order valence-corrected chi connectivity index (χ1v) is 13.7. The highest BCUT2D eigenvalue weighted by molar-refractivity contribution is 6.05. The zero-order valence-corrected chi connectivity index (χ0v) is 25.3. The lowest BCUT2D eigenvalue weighted by atomic mass is 9.86. The molecular weight excluding hydrogens is 512 g/mol. The van der Waals surface area contributed by atoms with E-state index in [1.807, 2.05) is 62.4 Å². The first kappa shape index (κ1) is 31.0. The van der Waals surface area contributed by atoms with Crippen molar-refractivity contribution in [3.63, 3.8) is 0 Å². The molecule has 0 atom stereocenters. The number of rotatable bonds is 9. The number of anilines is 2. The van der Waals surface area contributed by atoms with Gasteiger partial charge in [-0.1, -0.05) is 58.0 Å². The number of amides is 2. The van der Waals surface area contributed by atoms with Crippen LogP contribution in [0.4, 0.5) is 11.5 Å². The van der Waals surface area contributed by atoms with Gasteiger partial charge < -0.3 is 15.5 Å². The number of ketones is 1. The third-order valence-electron chi connectivity index (χ3n) is 6.82. The van der Waals surface area contributed by atoms with E-state index in [2.05, 4.69) is 36.4 Å². The molecule has 214 valence electrons. The van der Waals surface area contributed by atoms with Gasteiger partial charge in [0, 0.05) is 38.0 Å². The fourth-order valence-corrected chi connectivity index (χ4v) is 4.24. The second kappa shape index (κ2) is 13.2. The molecule has 2 amide bonds. The molecule has 0 unspecified atom stereocenters. The Kier molecular flexibility index (Phi) is 10.0. The van der Waals surface area contributed by atoms with Crippen LogP contribution in [-0.2, 0) is 10.2 Å². The molecule has 41 heavy (non-hydrogen) atoms. The number of hydrogen-bond donors (Lipinski definition) is 2. The van der Waals surface area contributed by atoms with E-state index < -0.39 is 0 Å². The summed E-state index contributed by atoms with van der Waals surface area (Å²) < 4.78 is 0. The van der Waals surface area contributed by atoms with Crippen LogP contribution in [0.5, 0.6) is 0 Å². The number of carbonyl (C=O) groups is 3. The molecule has 2 aromatic carbocycles. The molecule has 0 saturated heterocycles. The smallest absolute Gasteiger partial charge is 0.255 e. The molecule has 0 spiro atoms. The van der Waals surface area contributed by atoms with Crippen molar-refractivity contribution >= 4 is 34.7 Å². The molecule has 0 aliphatic rings. The number of aromatic nitrogens is 1. The predicted molar refractivity (Wildman–Crippen MR) is 167 cm³/mol. The van der Waals surface area contributed by atoms with Gasteiger partial charge in [-0.2, -0.15) is 0 Å². The summed E-state index contributed by atoms with van der Waals surface area (Å²) in [7, 11) is 3.36. The normalized spacial score (nSPS) is 12.1. The van der Waals surface area contributed by atoms with E-state index in [0.29, 0.717) is 34.8 Å².